The van der Waals surface area contributed by atoms with Crippen LogP contribution in [0.1, 0.15) is 17.4 Å². The van der Waals surface area contributed by atoms with Gasteiger partial charge < -0.3 is 10.5 Å². The van der Waals surface area contributed by atoms with Gasteiger partial charge in [0.25, 0.3) is 0 Å². The number of benzene rings is 2. The van der Waals surface area contributed by atoms with E-state index in [1.54, 1.807) is 11.3 Å². The molecule has 0 aliphatic rings. The largest absolute Gasteiger partial charge is 0.494 e. The number of nitrogen functional groups attached to an aromatic ring is 1. The second kappa shape index (κ2) is 6.42. The van der Waals surface area contributed by atoms with Gasteiger partial charge in [-0.25, -0.2) is 4.98 Å². The second-order valence-corrected chi connectivity index (χ2v) is 6.66. The Hall–Kier alpha value is -2.33. The number of hydrogen-bond acceptors (Lipinski definition) is 4. The normalized spacial score (nSPS) is 10.7. The van der Waals surface area contributed by atoms with Crippen LogP contribution in [-0.4, -0.2) is 11.6 Å². The van der Waals surface area contributed by atoms with Crippen molar-refractivity contribution in [3.05, 3.63) is 52.9 Å². The first-order valence-electron chi connectivity index (χ1n) is 7.65. The summed E-state index contributed by atoms with van der Waals surface area (Å²) in [5.74, 6) is 0.901. The molecule has 0 unspecified atom stereocenters. The Labute approximate surface area is 140 Å². The number of nitrogens with zero attached hydrogens (tertiary/aromatic N) is 1. The molecule has 0 aliphatic heterocycles. The highest BCUT2D eigenvalue weighted by atomic mass is 32.1. The maximum absolute atomic E-state index is 5.88. The molecule has 2 aromatic carbocycles. The fraction of sp³-hybridized carbons (Fsp3) is 0.211. The summed E-state index contributed by atoms with van der Waals surface area (Å²) in [7, 11) is 0. The molecule has 0 radical (unpaired) electrons. The Bertz CT molecular complexity index is 839. The van der Waals surface area contributed by atoms with Crippen LogP contribution in [-0.2, 0) is 0 Å². The van der Waals surface area contributed by atoms with E-state index in [0.717, 1.165) is 33.3 Å². The zero-order valence-corrected chi connectivity index (χ0v) is 14.4. The van der Waals surface area contributed by atoms with Gasteiger partial charge in [0.05, 0.1) is 12.3 Å². The smallest absolute Gasteiger partial charge is 0.124 e. The minimum atomic E-state index is 0.675. The van der Waals surface area contributed by atoms with Crippen LogP contribution < -0.4 is 10.5 Å². The van der Waals surface area contributed by atoms with E-state index in [-0.39, 0.29) is 0 Å². The number of aromatic nitrogens is 1. The van der Waals surface area contributed by atoms with Gasteiger partial charge in [-0.2, -0.15) is 0 Å². The first kappa shape index (κ1) is 15.6. The molecule has 23 heavy (non-hydrogen) atoms. The minimum Gasteiger partial charge on any atom is -0.494 e. The van der Waals surface area contributed by atoms with E-state index >= 15 is 0 Å². The van der Waals surface area contributed by atoms with Gasteiger partial charge >= 0.3 is 0 Å². The van der Waals surface area contributed by atoms with Gasteiger partial charge in [0.15, 0.2) is 0 Å². The maximum Gasteiger partial charge on any atom is 0.124 e. The Morgan fingerprint density at radius 3 is 2.65 bits per heavy atom. The standard InChI is InChI=1S/C19H20N2OS/c1-4-22-16-8-9-17(12(2)10-16)18-13(3)23-19(21-18)14-6-5-7-15(20)11-14/h5-11H,4,20H2,1-3H3. The van der Waals surface area contributed by atoms with Gasteiger partial charge in [-0.3, -0.25) is 0 Å². The maximum atomic E-state index is 5.88. The monoisotopic (exact) mass is 324 g/mol. The third-order valence-corrected chi connectivity index (χ3v) is 4.71. The number of ether oxygens (including phenoxy) is 1. The summed E-state index contributed by atoms with van der Waals surface area (Å²) >= 11 is 1.70. The van der Waals surface area contributed by atoms with Crippen molar-refractivity contribution < 1.29 is 4.74 Å². The molecule has 3 nitrogen and oxygen atoms in total. The lowest BCUT2D eigenvalue weighted by molar-refractivity contribution is 0.340. The number of aryl methyl sites for hydroxylation is 2. The fourth-order valence-corrected chi connectivity index (χ4v) is 3.52. The van der Waals surface area contributed by atoms with Crippen LogP contribution in [0.5, 0.6) is 5.75 Å². The van der Waals surface area contributed by atoms with Crippen molar-refractivity contribution in [1.82, 2.24) is 4.98 Å². The number of rotatable bonds is 4. The van der Waals surface area contributed by atoms with Crippen LogP contribution in [0.15, 0.2) is 42.5 Å². The highest BCUT2D eigenvalue weighted by Gasteiger charge is 2.13. The first-order valence-corrected chi connectivity index (χ1v) is 8.47. The van der Waals surface area contributed by atoms with E-state index in [2.05, 4.69) is 26.0 Å². The third-order valence-electron chi connectivity index (χ3n) is 3.69. The number of thiazole rings is 1. The molecule has 0 atom stereocenters. The average molecular weight is 324 g/mol. The quantitative estimate of drug-likeness (QED) is 0.681. The summed E-state index contributed by atoms with van der Waals surface area (Å²) < 4.78 is 5.56. The van der Waals surface area contributed by atoms with Crippen molar-refractivity contribution in [2.75, 3.05) is 12.3 Å². The Balaban J connectivity index is 2.01. The van der Waals surface area contributed by atoms with E-state index in [9.17, 15) is 0 Å². The van der Waals surface area contributed by atoms with Crippen LogP contribution >= 0.6 is 11.3 Å². The van der Waals surface area contributed by atoms with E-state index in [4.69, 9.17) is 15.5 Å². The molecule has 1 heterocycles. The van der Waals surface area contributed by atoms with Crippen molar-refractivity contribution in [2.45, 2.75) is 20.8 Å². The van der Waals surface area contributed by atoms with E-state index in [1.165, 1.54) is 10.4 Å². The molecule has 0 bridgehead atoms. The van der Waals surface area contributed by atoms with E-state index in [1.807, 2.05) is 37.3 Å². The summed E-state index contributed by atoms with van der Waals surface area (Å²) in [6.45, 7) is 6.87. The lowest BCUT2D eigenvalue weighted by atomic mass is 10.0. The van der Waals surface area contributed by atoms with E-state index < -0.39 is 0 Å². The summed E-state index contributed by atoms with van der Waals surface area (Å²) in [4.78, 5) is 6.05. The Morgan fingerprint density at radius 1 is 1.13 bits per heavy atom. The first-order chi connectivity index (χ1) is 11.1. The van der Waals surface area contributed by atoms with Gasteiger partial charge in [0.1, 0.15) is 10.8 Å². The zero-order chi connectivity index (χ0) is 16.4. The lowest BCUT2D eigenvalue weighted by Gasteiger charge is -2.08. The molecule has 3 rings (SSSR count). The predicted octanol–water partition coefficient (Wildman–Crippen LogP) is 5.07. The van der Waals surface area contributed by atoms with Crippen LogP contribution in [0.25, 0.3) is 21.8 Å². The summed E-state index contributed by atoms with van der Waals surface area (Å²) in [5, 5.41) is 0.998. The number of anilines is 1. The van der Waals surface area contributed by atoms with E-state index in [0.29, 0.717) is 6.61 Å². The predicted molar refractivity (Wildman–Crippen MR) is 98.0 cm³/mol. The highest BCUT2D eigenvalue weighted by molar-refractivity contribution is 7.15. The van der Waals surface area contributed by atoms with Gasteiger partial charge in [-0.15, -0.1) is 11.3 Å². The van der Waals surface area contributed by atoms with Crippen LogP contribution in [0, 0.1) is 13.8 Å². The van der Waals surface area contributed by atoms with Crippen molar-refractivity contribution in [3.63, 3.8) is 0 Å². The molecule has 1 aromatic heterocycles. The van der Waals surface area contributed by atoms with Crippen LogP contribution in [0.3, 0.4) is 0 Å². The van der Waals surface area contributed by atoms with Crippen LogP contribution in [0.4, 0.5) is 5.69 Å². The van der Waals surface area contributed by atoms with Crippen molar-refractivity contribution in [1.29, 1.82) is 0 Å². The summed E-state index contributed by atoms with van der Waals surface area (Å²) in [6.07, 6.45) is 0. The highest BCUT2D eigenvalue weighted by Crippen LogP contribution is 2.36. The summed E-state index contributed by atoms with van der Waals surface area (Å²) in [6, 6.07) is 14.0. The molecule has 118 valence electrons. The SMILES string of the molecule is CCOc1ccc(-c2nc(-c3cccc(N)c3)sc2C)c(C)c1. The zero-order valence-electron chi connectivity index (χ0n) is 13.6. The lowest BCUT2D eigenvalue weighted by Crippen LogP contribution is -1.93. The van der Waals surface area contributed by atoms with Crippen molar-refractivity contribution in [3.8, 4) is 27.6 Å². The molecule has 0 amide bonds. The number of nitrogens with two attached hydrogens (primary N) is 1. The molecule has 3 aromatic rings. The molecule has 0 aliphatic carbocycles. The molecular weight excluding hydrogens is 304 g/mol. The second-order valence-electron chi connectivity index (χ2n) is 5.46. The average Bonchev–Trinajstić information content (AvgIpc) is 2.90. The molecular formula is C19H20N2OS. The van der Waals surface area contributed by atoms with Gasteiger partial charge in [-0.1, -0.05) is 12.1 Å². The molecule has 0 spiro atoms. The Morgan fingerprint density at radius 2 is 1.96 bits per heavy atom. The Kier molecular flexibility index (Phi) is 4.35. The fourth-order valence-electron chi connectivity index (χ4n) is 2.60. The van der Waals surface area contributed by atoms with Gasteiger partial charge in [0, 0.05) is 21.7 Å². The molecule has 4 heteroatoms. The summed E-state index contributed by atoms with van der Waals surface area (Å²) in [5.41, 5.74) is 11.1. The minimum absolute atomic E-state index is 0.675. The molecule has 2 N–H and O–H groups in total. The van der Waals surface area contributed by atoms with Gasteiger partial charge in [-0.05, 0) is 56.7 Å². The van der Waals surface area contributed by atoms with Crippen molar-refractivity contribution >= 4 is 17.0 Å². The molecule has 0 fully saturated rings. The van der Waals surface area contributed by atoms with Crippen molar-refractivity contribution in [2.24, 2.45) is 0 Å². The molecule has 0 saturated heterocycles. The topological polar surface area (TPSA) is 48.1 Å². The van der Waals surface area contributed by atoms with Crippen LogP contribution in [0.2, 0.25) is 0 Å². The third kappa shape index (κ3) is 3.22. The number of hydrogen-bond donors (Lipinski definition) is 1. The molecule has 0 saturated carbocycles. The van der Waals surface area contributed by atoms with Gasteiger partial charge in [0.2, 0.25) is 0 Å².